The number of aromatic nitrogens is 4. The molecule has 3 aliphatic carbocycles. The highest BCUT2D eigenvalue weighted by atomic mass is 15.0. The zero-order valence-corrected chi connectivity index (χ0v) is 75.0. The van der Waals surface area contributed by atoms with Gasteiger partial charge < -0.3 is 18.3 Å². The maximum atomic E-state index is 2.48. The molecule has 628 valence electrons. The van der Waals surface area contributed by atoms with Gasteiger partial charge in [0.15, 0.2) is 0 Å². The van der Waals surface area contributed by atoms with Gasteiger partial charge >= 0.3 is 0 Å². The second-order valence-corrected chi connectivity index (χ2v) is 38.3. The fraction of sp³-hybridized carbons (Fsp3) is 0.0698. The fourth-order valence-electron chi connectivity index (χ4n) is 23.2. The monoisotopic (exact) mass is 1700 g/mol. The van der Waals surface area contributed by atoms with E-state index in [4.69, 9.17) is 0 Å². The molecular weight excluding hydrogens is 1610 g/mol. The van der Waals surface area contributed by atoms with Crippen molar-refractivity contribution in [2.75, 3.05) is 0 Å². The number of benzene rings is 20. The summed E-state index contributed by atoms with van der Waals surface area (Å²) in [7, 11) is 0. The van der Waals surface area contributed by atoms with E-state index in [-0.39, 0.29) is 16.2 Å². The molecule has 0 bridgehead atoms. The highest BCUT2D eigenvalue weighted by Gasteiger charge is 2.39. The maximum Gasteiger partial charge on any atom is 0.0541 e. The minimum absolute atomic E-state index is 0.0690. The third-order valence-electron chi connectivity index (χ3n) is 29.8. The van der Waals surface area contributed by atoms with E-state index in [0.717, 1.165) is 5.69 Å². The van der Waals surface area contributed by atoms with Gasteiger partial charge in [-0.2, -0.15) is 0 Å². The van der Waals surface area contributed by atoms with Crippen LogP contribution >= 0.6 is 0 Å². The van der Waals surface area contributed by atoms with Gasteiger partial charge in [0.05, 0.1) is 44.1 Å². The second kappa shape index (κ2) is 29.8. The van der Waals surface area contributed by atoms with Crippen molar-refractivity contribution < 1.29 is 0 Å². The molecule has 20 aromatic carbocycles. The van der Waals surface area contributed by atoms with E-state index in [1.807, 2.05) is 0 Å². The quantitative estimate of drug-likeness (QED) is 0.123. The third-order valence-corrected chi connectivity index (χ3v) is 29.8. The average molecular weight is 1700 g/mol. The summed E-state index contributed by atoms with van der Waals surface area (Å²) in [5, 5.41) is 9.98. The Bertz CT molecular complexity index is 8890. The highest BCUT2D eigenvalue weighted by molar-refractivity contribution is 6.16. The summed E-state index contributed by atoms with van der Waals surface area (Å²) >= 11 is 0. The molecule has 133 heavy (non-hydrogen) atoms. The second-order valence-electron chi connectivity index (χ2n) is 38.3. The number of hydrogen-bond acceptors (Lipinski definition) is 0. The number of para-hydroxylation sites is 2. The fourth-order valence-corrected chi connectivity index (χ4v) is 23.2. The minimum Gasteiger partial charge on any atom is -0.309 e. The van der Waals surface area contributed by atoms with Gasteiger partial charge in [0, 0.05) is 82.1 Å². The molecule has 27 rings (SSSR count). The lowest BCUT2D eigenvalue weighted by atomic mass is 9.82. The average Bonchev–Trinajstić information content (AvgIpc) is 1.57. The molecule has 0 saturated heterocycles. The van der Waals surface area contributed by atoms with E-state index < -0.39 is 0 Å². The Morgan fingerprint density at radius 1 is 0.128 bits per heavy atom. The Labute approximate surface area is 774 Å². The van der Waals surface area contributed by atoms with E-state index in [9.17, 15) is 0 Å². The lowest BCUT2D eigenvalue weighted by Gasteiger charge is -2.22. The van der Waals surface area contributed by atoms with Crippen molar-refractivity contribution in [1.29, 1.82) is 0 Å². The van der Waals surface area contributed by atoms with Crippen molar-refractivity contribution in [2.45, 2.75) is 57.8 Å². The van der Waals surface area contributed by atoms with Gasteiger partial charge in [-0.05, 0) is 296 Å². The van der Waals surface area contributed by atoms with Crippen molar-refractivity contribution in [3.05, 3.63) is 482 Å². The molecule has 4 aromatic heterocycles. The van der Waals surface area contributed by atoms with E-state index in [0.29, 0.717) is 0 Å². The zero-order valence-electron chi connectivity index (χ0n) is 75.0. The van der Waals surface area contributed by atoms with Gasteiger partial charge in [0.1, 0.15) is 0 Å². The topological polar surface area (TPSA) is 19.7 Å². The Hall–Kier alpha value is -16.4. The van der Waals surface area contributed by atoms with Gasteiger partial charge in [0.2, 0.25) is 0 Å². The summed E-state index contributed by atoms with van der Waals surface area (Å²) in [5.41, 5.74) is 47.4. The molecule has 0 aliphatic heterocycles. The van der Waals surface area contributed by atoms with Crippen LogP contribution in [0.2, 0.25) is 0 Å². The predicted molar refractivity (Wildman–Crippen MR) is 561 cm³/mol. The Balaban J connectivity index is 0.000000140. The predicted octanol–water partition coefficient (Wildman–Crippen LogP) is 34.3. The number of hydrogen-bond donors (Lipinski definition) is 0. The molecule has 4 heteroatoms. The van der Waals surface area contributed by atoms with Gasteiger partial charge in [-0.25, -0.2) is 0 Å². The van der Waals surface area contributed by atoms with Crippen molar-refractivity contribution in [3.8, 4) is 134 Å². The highest BCUT2D eigenvalue weighted by Crippen LogP contribution is 2.55. The number of fused-ring (bicyclic) bond motifs is 21. The first kappa shape index (κ1) is 77.7. The van der Waals surface area contributed by atoms with Crippen molar-refractivity contribution in [1.82, 2.24) is 18.3 Å². The molecule has 0 fully saturated rings. The molecule has 0 amide bonds. The zero-order chi connectivity index (χ0) is 88.7. The molecule has 0 unspecified atom stereocenters. The van der Waals surface area contributed by atoms with E-state index in [1.54, 1.807) is 0 Å². The molecule has 0 atom stereocenters. The summed E-state index contributed by atoms with van der Waals surface area (Å²) in [4.78, 5) is 0. The van der Waals surface area contributed by atoms with Crippen molar-refractivity contribution in [2.24, 2.45) is 0 Å². The van der Waals surface area contributed by atoms with E-state index >= 15 is 0 Å². The summed E-state index contributed by atoms with van der Waals surface area (Å²) in [6.45, 7) is 14.2. The maximum absolute atomic E-state index is 2.48. The first-order valence-corrected chi connectivity index (χ1v) is 46.7. The smallest absolute Gasteiger partial charge is 0.0541 e. The Morgan fingerprint density at radius 3 is 0.662 bits per heavy atom. The van der Waals surface area contributed by atoms with Crippen LogP contribution in [0.5, 0.6) is 0 Å². The largest absolute Gasteiger partial charge is 0.309 e. The molecular formula is C129H92N4. The van der Waals surface area contributed by atoms with Gasteiger partial charge in [-0.3, -0.25) is 0 Å². The van der Waals surface area contributed by atoms with Crippen LogP contribution in [0.1, 0.15) is 74.9 Å². The Morgan fingerprint density at radius 2 is 0.346 bits per heavy atom. The number of rotatable bonds is 11. The molecule has 4 nitrogen and oxygen atoms in total. The van der Waals surface area contributed by atoms with Crippen LogP contribution in [0.3, 0.4) is 0 Å². The first-order chi connectivity index (χ1) is 65.2. The van der Waals surface area contributed by atoms with Crippen LogP contribution in [-0.4, -0.2) is 18.3 Å². The molecule has 4 heterocycles. The lowest BCUT2D eigenvalue weighted by molar-refractivity contribution is 0.660. The molecule has 24 aromatic rings. The molecule has 0 spiro atoms. The minimum atomic E-state index is -0.0972. The van der Waals surface area contributed by atoms with Crippen LogP contribution in [0.15, 0.2) is 449 Å². The summed E-state index contributed by atoms with van der Waals surface area (Å²) in [6, 6.07) is 167. The van der Waals surface area contributed by atoms with E-state index in [1.165, 1.54) is 249 Å². The summed E-state index contributed by atoms with van der Waals surface area (Å²) in [6.07, 6.45) is 0. The Kier molecular flexibility index (Phi) is 17.4. The van der Waals surface area contributed by atoms with Crippen LogP contribution in [0.4, 0.5) is 0 Å². The van der Waals surface area contributed by atoms with Crippen LogP contribution in [0.25, 0.3) is 221 Å². The molecule has 0 saturated carbocycles. The van der Waals surface area contributed by atoms with Gasteiger partial charge in [0.25, 0.3) is 0 Å². The standard InChI is InChI=1S/C69H48N2.C60H44N2/c1-69(2)63-27-14-12-25-57(63)58-33-32-56(44-64(58)69)71-67-34-29-49(45-17-6-3-7-18-45)41-61(67)62-43-51(31-36-68(62)71)50-30-35-66-60(42-50)59-26-13-15-28-65(59)70(66)55-24-16-23-48(40-55)54-38-52(46-19-8-4-9-20-46)37-53(39-54)47-21-10-5-11-22-47;1-59(2)51-19-11-8-16-43(51)45-27-25-41(35-53(45)59)61-55-21-13-10-18-47(55)48-33-39(23-30-56(48)61)40-24-31-58-50(34-40)49-32-38(37-14-6-5-7-15-37)22-29-57(49)62(58)42-26-28-46-44-17-9-12-20-52(44)60(3,4)54(46)36-42/h3-44H,1-2H3;5-36H,1-4H3. The van der Waals surface area contributed by atoms with Crippen molar-refractivity contribution >= 4 is 87.2 Å². The molecule has 0 N–H and O–H groups in total. The van der Waals surface area contributed by atoms with E-state index in [2.05, 4.69) is 509 Å². The normalized spacial score (nSPS) is 13.5. The van der Waals surface area contributed by atoms with Crippen molar-refractivity contribution in [3.63, 3.8) is 0 Å². The summed E-state index contributed by atoms with van der Waals surface area (Å²) in [5.74, 6) is 0. The summed E-state index contributed by atoms with van der Waals surface area (Å²) < 4.78 is 9.87. The molecule has 0 radical (unpaired) electrons. The van der Waals surface area contributed by atoms with Crippen LogP contribution in [0, 0.1) is 0 Å². The first-order valence-electron chi connectivity index (χ1n) is 46.7. The van der Waals surface area contributed by atoms with Crippen LogP contribution in [-0.2, 0) is 16.2 Å². The molecule has 3 aliphatic rings. The SMILES string of the molecule is CC1(C)c2ccccc2-c2ccc(-n3c4ccc(-c5ccccc5)cc4c4cc(-c5ccc6c(c5)c5ccccc5n6-c5cccc(-c6cc(-c7ccccc7)cc(-c7ccccc7)c6)c5)ccc43)cc21.CC1(C)c2ccccc2-c2ccc(-n3c4ccccc4c4cc(-c5ccc6c(c5)c5cc(-c7ccccc7)ccc5n6-c5ccc6c(c5)C(C)(C)c5ccccc5-6)ccc43)cc21. The third kappa shape index (κ3) is 12.2. The lowest BCUT2D eigenvalue weighted by Crippen LogP contribution is -2.15. The van der Waals surface area contributed by atoms with Gasteiger partial charge in [-0.1, -0.05) is 339 Å². The number of nitrogens with zero attached hydrogens (tertiary/aromatic N) is 4. The van der Waals surface area contributed by atoms with Crippen LogP contribution < -0.4 is 0 Å². The van der Waals surface area contributed by atoms with Gasteiger partial charge in [-0.15, -0.1) is 0 Å².